The molecule has 0 N–H and O–H groups in total. The maximum Gasteiger partial charge on any atom is 0.306 e. The van der Waals surface area contributed by atoms with Gasteiger partial charge in [-0.2, -0.15) is 0 Å². The lowest BCUT2D eigenvalue weighted by molar-refractivity contribution is -0.167. The second kappa shape index (κ2) is 65.1. The van der Waals surface area contributed by atoms with Gasteiger partial charge in [0.2, 0.25) is 0 Å². The highest BCUT2D eigenvalue weighted by molar-refractivity contribution is 5.71. The molecule has 0 aliphatic heterocycles. The van der Waals surface area contributed by atoms with Crippen molar-refractivity contribution in [3.63, 3.8) is 0 Å². The van der Waals surface area contributed by atoms with Gasteiger partial charge in [-0.1, -0.05) is 298 Å². The molecule has 0 radical (unpaired) electrons. The minimum absolute atomic E-state index is 0.0867. The van der Waals surface area contributed by atoms with Crippen LogP contribution in [-0.2, 0) is 28.6 Å². The van der Waals surface area contributed by atoms with Crippen LogP contribution in [0, 0.1) is 0 Å². The molecule has 0 amide bonds. The Hall–Kier alpha value is -3.41. The van der Waals surface area contributed by atoms with E-state index >= 15 is 0 Å². The van der Waals surface area contributed by atoms with Crippen molar-refractivity contribution in [2.24, 2.45) is 0 Å². The van der Waals surface area contributed by atoms with Crippen LogP contribution in [0.5, 0.6) is 0 Å². The van der Waals surface area contributed by atoms with Crippen LogP contribution in [0.4, 0.5) is 0 Å². The van der Waals surface area contributed by atoms with Crippen LogP contribution < -0.4 is 0 Å². The molecule has 0 aromatic rings. The number of hydrogen-bond donors (Lipinski definition) is 0. The smallest absolute Gasteiger partial charge is 0.306 e. The normalized spacial score (nSPS) is 12.6. The molecule has 0 aliphatic rings. The Bertz CT molecular complexity index is 1470. The molecule has 6 nitrogen and oxygen atoms in total. The topological polar surface area (TPSA) is 78.9 Å². The molecule has 6 heteroatoms. The molecule has 1 atom stereocenters. The molecule has 0 spiro atoms. The summed E-state index contributed by atoms with van der Waals surface area (Å²) in [6.45, 7) is 6.47. The van der Waals surface area contributed by atoms with Crippen molar-refractivity contribution in [1.29, 1.82) is 0 Å². The molecule has 1 unspecified atom stereocenters. The van der Waals surface area contributed by atoms with Crippen LogP contribution in [0.25, 0.3) is 0 Å². The van der Waals surface area contributed by atoms with Crippen molar-refractivity contribution in [2.45, 2.75) is 335 Å². The standard InChI is InChI=1S/C71H124O6/c1-4-7-10-13-16-18-20-22-24-26-28-29-30-31-32-33-34-35-36-37-38-39-40-41-43-44-46-48-50-52-55-58-61-64-70(73)76-67-68(66-75-69(72)63-60-57-54-15-12-9-6-3)77-71(74)65-62-59-56-53-51-49-47-45-42-27-25-23-21-19-17-14-11-8-5-2/h8,11,17,19-20,22-23,25-26,28,42,45,49,51,68H,4-7,9-10,12-16,18,21,24,27,29-41,43-44,46-48,50,52-67H2,1-3H3/b11-8-,19-17-,22-20-,25-23-,28-26-,45-42-,51-49-. The zero-order valence-corrected chi connectivity index (χ0v) is 51.0. The van der Waals surface area contributed by atoms with E-state index in [1.165, 1.54) is 186 Å². The third-order valence-electron chi connectivity index (χ3n) is 14.4. The predicted molar refractivity (Wildman–Crippen MR) is 334 cm³/mol. The molecule has 0 aliphatic carbocycles. The second-order valence-corrected chi connectivity index (χ2v) is 22.0. The quantitative estimate of drug-likeness (QED) is 0.0261. The number of rotatable bonds is 60. The lowest BCUT2D eigenvalue weighted by Crippen LogP contribution is -2.30. The van der Waals surface area contributed by atoms with E-state index in [9.17, 15) is 14.4 Å². The first-order valence-electron chi connectivity index (χ1n) is 33.1. The number of esters is 3. The summed E-state index contributed by atoms with van der Waals surface area (Å²) in [5, 5.41) is 0. The van der Waals surface area contributed by atoms with Crippen LogP contribution in [0.3, 0.4) is 0 Å². The predicted octanol–water partition coefficient (Wildman–Crippen LogP) is 22.7. The first-order chi connectivity index (χ1) is 38.0. The lowest BCUT2D eigenvalue weighted by Gasteiger charge is -2.18. The summed E-state index contributed by atoms with van der Waals surface area (Å²) in [7, 11) is 0. The van der Waals surface area contributed by atoms with Gasteiger partial charge in [0.1, 0.15) is 13.2 Å². The average molecular weight is 1070 g/mol. The maximum atomic E-state index is 12.8. The number of unbranched alkanes of at least 4 members (excludes halogenated alkanes) is 35. The maximum absolute atomic E-state index is 12.8. The molecular formula is C71H124O6. The fourth-order valence-corrected chi connectivity index (χ4v) is 9.44. The van der Waals surface area contributed by atoms with Crippen molar-refractivity contribution in [3.05, 3.63) is 85.1 Å². The van der Waals surface area contributed by atoms with Gasteiger partial charge in [-0.15, -0.1) is 0 Å². The highest BCUT2D eigenvalue weighted by atomic mass is 16.6. The van der Waals surface area contributed by atoms with Crippen LogP contribution >= 0.6 is 0 Å². The Balaban J connectivity index is 4.04. The van der Waals surface area contributed by atoms with Crippen molar-refractivity contribution in [3.8, 4) is 0 Å². The molecule has 0 saturated carbocycles. The molecule has 0 fully saturated rings. The Labute approximate surface area is 477 Å². The minimum Gasteiger partial charge on any atom is -0.462 e. The van der Waals surface area contributed by atoms with Crippen molar-refractivity contribution < 1.29 is 28.6 Å². The third kappa shape index (κ3) is 63.3. The largest absolute Gasteiger partial charge is 0.462 e. The first kappa shape index (κ1) is 73.6. The number of ether oxygens (including phenoxy) is 3. The van der Waals surface area contributed by atoms with Gasteiger partial charge in [0.05, 0.1) is 0 Å². The monoisotopic (exact) mass is 1070 g/mol. The summed E-state index contributed by atoms with van der Waals surface area (Å²) in [6, 6.07) is 0. The molecule has 0 bridgehead atoms. The van der Waals surface area contributed by atoms with Crippen molar-refractivity contribution in [1.82, 2.24) is 0 Å². The summed E-state index contributed by atoms with van der Waals surface area (Å²) in [5.41, 5.74) is 0. The zero-order chi connectivity index (χ0) is 55.7. The van der Waals surface area contributed by atoms with E-state index in [0.717, 1.165) is 103 Å². The van der Waals surface area contributed by atoms with Gasteiger partial charge in [0.15, 0.2) is 6.10 Å². The van der Waals surface area contributed by atoms with E-state index in [1.807, 2.05) is 0 Å². The van der Waals surface area contributed by atoms with Gasteiger partial charge in [-0.3, -0.25) is 14.4 Å². The van der Waals surface area contributed by atoms with Gasteiger partial charge in [0.25, 0.3) is 0 Å². The van der Waals surface area contributed by atoms with Crippen LogP contribution in [0.1, 0.15) is 329 Å². The molecule has 0 rings (SSSR count). The summed E-state index contributed by atoms with van der Waals surface area (Å²) < 4.78 is 16.8. The first-order valence-corrected chi connectivity index (χ1v) is 33.1. The van der Waals surface area contributed by atoms with E-state index in [-0.39, 0.29) is 31.1 Å². The summed E-state index contributed by atoms with van der Waals surface area (Å²) in [6.07, 6.45) is 86.4. The Morgan fingerprint density at radius 2 is 0.506 bits per heavy atom. The fraction of sp³-hybridized carbons (Fsp3) is 0.761. The van der Waals surface area contributed by atoms with E-state index in [4.69, 9.17) is 14.2 Å². The molecule has 77 heavy (non-hydrogen) atoms. The van der Waals surface area contributed by atoms with Crippen LogP contribution in [0.2, 0.25) is 0 Å². The summed E-state index contributed by atoms with van der Waals surface area (Å²) in [4.78, 5) is 38.1. The van der Waals surface area contributed by atoms with Gasteiger partial charge in [0, 0.05) is 19.3 Å². The fourth-order valence-electron chi connectivity index (χ4n) is 9.44. The summed E-state index contributed by atoms with van der Waals surface area (Å²) in [5.74, 6) is -0.915. The molecule has 0 saturated heterocycles. The van der Waals surface area contributed by atoms with Gasteiger partial charge >= 0.3 is 17.9 Å². The number of hydrogen-bond acceptors (Lipinski definition) is 6. The third-order valence-corrected chi connectivity index (χ3v) is 14.4. The molecule has 0 aromatic carbocycles. The van der Waals surface area contributed by atoms with Gasteiger partial charge < -0.3 is 14.2 Å². The number of allylic oxidation sites excluding steroid dienone is 14. The van der Waals surface area contributed by atoms with E-state index in [1.54, 1.807) is 0 Å². The van der Waals surface area contributed by atoms with E-state index in [0.29, 0.717) is 19.3 Å². The van der Waals surface area contributed by atoms with Crippen LogP contribution in [-0.4, -0.2) is 37.2 Å². The number of carbonyl (C=O) groups is 3. The van der Waals surface area contributed by atoms with E-state index < -0.39 is 6.10 Å². The Morgan fingerprint density at radius 3 is 0.805 bits per heavy atom. The van der Waals surface area contributed by atoms with Gasteiger partial charge in [-0.05, 0) is 96.3 Å². The van der Waals surface area contributed by atoms with E-state index in [2.05, 4.69) is 106 Å². The van der Waals surface area contributed by atoms with Crippen molar-refractivity contribution in [2.75, 3.05) is 13.2 Å². The highest BCUT2D eigenvalue weighted by Gasteiger charge is 2.19. The molecule has 0 aromatic heterocycles. The molecule has 0 heterocycles. The van der Waals surface area contributed by atoms with Gasteiger partial charge in [-0.25, -0.2) is 0 Å². The minimum atomic E-state index is -0.790. The van der Waals surface area contributed by atoms with Crippen molar-refractivity contribution >= 4 is 17.9 Å². The average Bonchev–Trinajstić information content (AvgIpc) is 3.43. The van der Waals surface area contributed by atoms with Crippen LogP contribution in [0.15, 0.2) is 85.1 Å². The molecular weight excluding hydrogens is 949 g/mol. The lowest BCUT2D eigenvalue weighted by atomic mass is 10.0. The number of carbonyl (C=O) groups excluding carboxylic acids is 3. The molecule has 444 valence electrons. The summed E-state index contributed by atoms with van der Waals surface area (Å²) >= 11 is 0. The Morgan fingerprint density at radius 1 is 0.273 bits per heavy atom. The zero-order valence-electron chi connectivity index (χ0n) is 51.0. The SMILES string of the molecule is CC/C=C\C/C=C\C/C=C\C/C=C\C/C=C\CCCCCC(=O)OC(COC(=O)CCCCCCCCC)COC(=O)CCCCCCCCCCCCCCCCCCCCCCC/C=C\C/C=C\CCCCCCC. The highest BCUT2D eigenvalue weighted by Crippen LogP contribution is 2.17. The Kier molecular flexibility index (Phi) is 62.2. The second-order valence-electron chi connectivity index (χ2n) is 22.0.